The summed E-state index contributed by atoms with van der Waals surface area (Å²) in [7, 11) is 0. The number of piperidine rings is 1. The van der Waals surface area contributed by atoms with Crippen LogP contribution >= 0.6 is 0 Å². The fraction of sp³-hybridized carbons (Fsp3) is 0.786. The SMILES string of the molecule is CCC(=CCNCC(C)N1CCCCC1)C(=O)O. The van der Waals surface area contributed by atoms with E-state index in [0.717, 1.165) is 6.54 Å². The van der Waals surface area contributed by atoms with E-state index in [4.69, 9.17) is 5.11 Å². The number of nitrogens with one attached hydrogen (secondary N) is 1. The van der Waals surface area contributed by atoms with E-state index in [1.165, 1.54) is 32.4 Å². The molecule has 1 rings (SSSR count). The van der Waals surface area contributed by atoms with Gasteiger partial charge < -0.3 is 10.4 Å². The molecule has 2 N–H and O–H groups in total. The second kappa shape index (κ2) is 8.27. The molecule has 4 nitrogen and oxygen atoms in total. The fourth-order valence-electron chi connectivity index (χ4n) is 2.36. The average molecular weight is 254 g/mol. The molecule has 0 spiro atoms. The molecule has 1 aliphatic rings. The van der Waals surface area contributed by atoms with Gasteiger partial charge in [0.25, 0.3) is 0 Å². The van der Waals surface area contributed by atoms with Gasteiger partial charge in [0.15, 0.2) is 0 Å². The first-order valence-electron chi connectivity index (χ1n) is 7.02. The Bertz CT molecular complexity index is 284. The van der Waals surface area contributed by atoms with Crippen LogP contribution in [0.1, 0.15) is 39.5 Å². The van der Waals surface area contributed by atoms with Crippen LogP contribution in [0.15, 0.2) is 11.6 Å². The summed E-state index contributed by atoms with van der Waals surface area (Å²) in [6.45, 7) is 8.08. The van der Waals surface area contributed by atoms with Gasteiger partial charge in [-0.05, 0) is 39.3 Å². The van der Waals surface area contributed by atoms with Crippen molar-refractivity contribution in [3.8, 4) is 0 Å². The number of aliphatic carboxylic acids is 1. The Morgan fingerprint density at radius 3 is 2.61 bits per heavy atom. The maximum Gasteiger partial charge on any atom is 0.331 e. The Hall–Kier alpha value is -0.870. The minimum absolute atomic E-state index is 0.494. The van der Waals surface area contributed by atoms with Gasteiger partial charge in [0.1, 0.15) is 0 Å². The lowest BCUT2D eigenvalue weighted by Gasteiger charge is -2.32. The summed E-state index contributed by atoms with van der Waals surface area (Å²) in [6, 6.07) is 0.536. The zero-order valence-electron chi connectivity index (χ0n) is 11.6. The second-order valence-electron chi connectivity index (χ2n) is 4.99. The number of hydrogen-bond donors (Lipinski definition) is 2. The number of hydrogen-bond acceptors (Lipinski definition) is 3. The van der Waals surface area contributed by atoms with Gasteiger partial charge in [-0.15, -0.1) is 0 Å². The molecule has 0 bridgehead atoms. The third kappa shape index (κ3) is 5.19. The number of carboxylic acids is 1. The van der Waals surface area contributed by atoms with E-state index in [2.05, 4.69) is 17.1 Å². The summed E-state index contributed by atoms with van der Waals surface area (Å²) < 4.78 is 0. The molecule has 1 atom stereocenters. The molecule has 18 heavy (non-hydrogen) atoms. The highest BCUT2D eigenvalue weighted by atomic mass is 16.4. The van der Waals surface area contributed by atoms with Crippen LogP contribution in [0.25, 0.3) is 0 Å². The lowest BCUT2D eigenvalue weighted by atomic mass is 10.1. The van der Waals surface area contributed by atoms with Crippen LogP contribution in [0.4, 0.5) is 0 Å². The molecule has 0 radical (unpaired) electrons. The van der Waals surface area contributed by atoms with Gasteiger partial charge in [-0.25, -0.2) is 4.79 Å². The molecule has 0 amide bonds. The first-order valence-corrected chi connectivity index (χ1v) is 7.02. The molecule has 0 aromatic rings. The van der Waals surface area contributed by atoms with Crippen LogP contribution in [-0.2, 0) is 4.79 Å². The largest absolute Gasteiger partial charge is 0.478 e. The van der Waals surface area contributed by atoms with Gasteiger partial charge in [0, 0.05) is 24.7 Å². The zero-order chi connectivity index (χ0) is 13.4. The van der Waals surface area contributed by atoms with Crippen LogP contribution < -0.4 is 5.32 Å². The minimum atomic E-state index is -0.802. The van der Waals surface area contributed by atoms with E-state index in [1.807, 2.05) is 6.92 Å². The minimum Gasteiger partial charge on any atom is -0.478 e. The molecule has 0 aromatic heterocycles. The third-order valence-electron chi connectivity index (χ3n) is 3.60. The highest BCUT2D eigenvalue weighted by Gasteiger charge is 2.15. The maximum atomic E-state index is 10.8. The molecule has 1 unspecified atom stereocenters. The number of likely N-dealkylation sites (tertiary alicyclic amines) is 1. The number of nitrogens with zero attached hydrogens (tertiary/aromatic N) is 1. The molecule has 1 heterocycles. The summed E-state index contributed by atoms with van der Waals surface area (Å²) in [5.41, 5.74) is 0.494. The van der Waals surface area contributed by atoms with Crippen molar-refractivity contribution >= 4 is 5.97 Å². The standard InChI is InChI=1S/C14H26N2O2/c1-3-13(14(17)18)7-8-15-11-12(2)16-9-5-4-6-10-16/h7,12,15H,3-6,8-11H2,1-2H3,(H,17,18). The Labute approximate surface area is 110 Å². The summed E-state index contributed by atoms with van der Waals surface area (Å²) in [4.78, 5) is 13.3. The summed E-state index contributed by atoms with van der Waals surface area (Å²) >= 11 is 0. The Morgan fingerprint density at radius 2 is 2.06 bits per heavy atom. The van der Waals surface area contributed by atoms with Crippen molar-refractivity contribution in [2.75, 3.05) is 26.2 Å². The predicted molar refractivity (Wildman–Crippen MR) is 73.8 cm³/mol. The van der Waals surface area contributed by atoms with Crippen LogP contribution in [0.3, 0.4) is 0 Å². The molecule has 0 saturated carbocycles. The Kier molecular flexibility index (Phi) is 6.98. The van der Waals surface area contributed by atoms with E-state index < -0.39 is 5.97 Å². The normalized spacial score (nSPS) is 19.8. The summed E-state index contributed by atoms with van der Waals surface area (Å²) in [5.74, 6) is -0.802. The number of carboxylic acid groups (broad SMARTS) is 1. The quantitative estimate of drug-likeness (QED) is 0.538. The fourth-order valence-corrected chi connectivity index (χ4v) is 2.36. The Morgan fingerprint density at radius 1 is 1.39 bits per heavy atom. The molecule has 1 fully saturated rings. The molecule has 4 heteroatoms. The molecular weight excluding hydrogens is 228 g/mol. The number of carbonyl (C=O) groups is 1. The van der Waals surface area contributed by atoms with E-state index >= 15 is 0 Å². The van der Waals surface area contributed by atoms with Gasteiger partial charge in [-0.2, -0.15) is 0 Å². The molecular formula is C14H26N2O2. The van der Waals surface area contributed by atoms with Crippen LogP contribution in [-0.4, -0.2) is 48.2 Å². The van der Waals surface area contributed by atoms with E-state index in [0.29, 0.717) is 24.6 Å². The molecule has 0 aliphatic carbocycles. The third-order valence-corrected chi connectivity index (χ3v) is 3.60. The lowest BCUT2D eigenvalue weighted by molar-refractivity contribution is -0.132. The highest BCUT2D eigenvalue weighted by Crippen LogP contribution is 2.11. The van der Waals surface area contributed by atoms with Crippen molar-refractivity contribution in [2.45, 2.75) is 45.6 Å². The second-order valence-corrected chi connectivity index (χ2v) is 4.99. The van der Waals surface area contributed by atoms with E-state index in [1.54, 1.807) is 6.08 Å². The molecule has 1 aliphatic heterocycles. The van der Waals surface area contributed by atoms with Gasteiger partial charge >= 0.3 is 5.97 Å². The van der Waals surface area contributed by atoms with Gasteiger partial charge in [0.2, 0.25) is 0 Å². The smallest absolute Gasteiger partial charge is 0.331 e. The predicted octanol–water partition coefficient (Wildman–Crippen LogP) is 1.87. The van der Waals surface area contributed by atoms with Crippen molar-refractivity contribution in [3.05, 3.63) is 11.6 Å². The monoisotopic (exact) mass is 254 g/mol. The number of rotatable bonds is 7. The first kappa shape index (κ1) is 15.2. The van der Waals surface area contributed by atoms with Crippen molar-refractivity contribution in [1.82, 2.24) is 10.2 Å². The van der Waals surface area contributed by atoms with Crippen molar-refractivity contribution < 1.29 is 9.90 Å². The van der Waals surface area contributed by atoms with E-state index in [-0.39, 0.29) is 0 Å². The summed E-state index contributed by atoms with van der Waals surface area (Å²) in [5, 5.41) is 12.2. The van der Waals surface area contributed by atoms with Gasteiger partial charge in [-0.1, -0.05) is 19.4 Å². The summed E-state index contributed by atoms with van der Waals surface area (Å²) in [6.07, 6.45) is 6.34. The van der Waals surface area contributed by atoms with Crippen LogP contribution in [0.2, 0.25) is 0 Å². The molecule has 104 valence electrons. The van der Waals surface area contributed by atoms with Crippen molar-refractivity contribution in [1.29, 1.82) is 0 Å². The average Bonchev–Trinajstić information content (AvgIpc) is 2.39. The van der Waals surface area contributed by atoms with E-state index in [9.17, 15) is 4.79 Å². The Balaban J connectivity index is 2.22. The van der Waals surface area contributed by atoms with Crippen LogP contribution in [0.5, 0.6) is 0 Å². The van der Waals surface area contributed by atoms with Gasteiger partial charge in [-0.3, -0.25) is 4.90 Å². The maximum absolute atomic E-state index is 10.8. The van der Waals surface area contributed by atoms with Gasteiger partial charge in [0.05, 0.1) is 0 Å². The lowest BCUT2D eigenvalue weighted by Crippen LogP contribution is -2.43. The molecule has 0 aromatic carbocycles. The topological polar surface area (TPSA) is 52.6 Å². The highest BCUT2D eigenvalue weighted by molar-refractivity contribution is 5.86. The van der Waals surface area contributed by atoms with Crippen molar-refractivity contribution in [3.63, 3.8) is 0 Å². The first-order chi connectivity index (χ1) is 8.65. The van der Waals surface area contributed by atoms with Crippen molar-refractivity contribution in [2.24, 2.45) is 0 Å². The van der Waals surface area contributed by atoms with Crippen LogP contribution in [0, 0.1) is 0 Å². The zero-order valence-corrected chi connectivity index (χ0v) is 11.6. The molecule has 1 saturated heterocycles.